The number of benzene rings is 2. The van der Waals surface area contributed by atoms with Crippen LogP contribution in [0.4, 0.5) is 11.4 Å². The smallest absolute Gasteiger partial charge is 0.328 e. The first-order valence-corrected chi connectivity index (χ1v) is 12.4. The summed E-state index contributed by atoms with van der Waals surface area (Å²) in [6, 6.07) is 8.89. The van der Waals surface area contributed by atoms with Gasteiger partial charge in [0.05, 0.1) is 38.7 Å². The van der Waals surface area contributed by atoms with Crippen LogP contribution >= 0.6 is 23.2 Å². The quantitative estimate of drug-likeness (QED) is 0.412. The number of hydrogen-bond acceptors (Lipinski definition) is 5. The normalized spacial score (nSPS) is 15.0. The first-order chi connectivity index (χ1) is 17.2. The summed E-state index contributed by atoms with van der Waals surface area (Å²) in [6.45, 7) is 5.35. The molecule has 36 heavy (non-hydrogen) atoms. The number of hydrogen-bond donors (Lipinski definition) is 1. The Bertz CT molecular complexity index is 1620. The van der Waals surface area contributed by atoms with Crippen molar-refractivity contribution in [2.24, 2.45) is 19.1 Å². The van der Waals surface area contributed by atoms with E-state index in [4.69, 9.17) is 28.2 Å². The minimum absolute atomic E-state index is 0.0989. The number of halogens is 2. The number of nitrogens with zero attached hydrogens (tertiary/aromatic N) is 6. The predicted molar refractivity (Wildman–Crippen MR) is 146 cm³/mol. The molecule has 188 valence electrons. The molecule has 4 aromatic rings. The molecule has 0 amide bonds. The number of anilines is 1. The lowest BCUT2D eigenvalue weighted by atomic mass is 10.2. The van der Waals surface area contributed by atoms with Crippen LogP contribution in [0.3, 0.4) is 0 Å². The van der Waals surface area contributed by atoms with Crippen LogP contribution in [0.2, 0.25) is 10.0 Å². The summed E-state index contributed by atoms with van der Waals surface area (Å²) in [5.74, 6) is 0. The number of piperazine rings is 1. The number of nitrogens with one attached hydrogen (secondary N) is 1. The molecular formula is C25H27Cl2N7O2. The maximum Gasteiger partial charge on any atom is 0.328 e. The van der Waals surface area contributed by atoms with Crippen LogP contribution in [0.1, 0.15) is 11.3 Å². The highest BCUT2D eigenvalue weighted by Gasteiger charge is 2.20. The van der Waals surface area contributed by atoms with E-state index in [1.54, 1.807) is 47.6 Å². The van der Waals surface area contributed by atoms with Crippen molar-refractivity contribution in [2.45, 2.75) is 6.92 Å². The molecule has 0 spiro atoms. The number of aromatic amines is 1. The average molecular weight is 528 g/mol. The lowest BCUT2D eigenvalue weighted by Crippen LogP contribution is -2.44. The highest BCUT2D eigenvalue weighted by atomic mass is 35.5. The van der Waals surface area contributed by atoms with Gasteiger partial charge in [0, 0.05) is 57.2 Å². The topological polar surface area (TPSA) is 83.6 Å². The predicted octanol–water partition coefficient (Wildman–Crippen LogP) is 3.47. The van der Waals surface area contributed by atoms with Gasteiger partial charge in [-0.15, -0.1) is 0 Å². The van der Waals surface area contributed by atoms with Crippen molar-refractivity contribution in [3.63, 3.8) is 0 Å². The molecule has 0 radical (unpaired) electrons. The molecule has 1 aliphatic rings. The zero-order chi connectivity index (χ0) is 25.7. The molecule has 3 heterocycles. The van der Waals surface area contributed by atoms with Gasteiger partial charge in [-0.25, -0.2) is 9.48 Å². The molecule has 2 aromatic carbocycles. The fourth-order valence-corrected chi connectivity index (χ4v) is 4.97. The van der Waals surface area contributed by atoms with Crippen LogP contribution in [0, 0.1) is 6.92 Å². The summed E-state index contributed by atoms with van der Waals surface area (Å²) in [7, 11) is 5.62. The molecular weight excluding hydrogens is 501 g/mol. The van der Waals surface area contributed by atoms with Crippen LogP contribution in [0.5, 0.6) is 0 Å². The van der Waals surface area contributed by atoms with Gasteiger partial charge in [0.1, 0.15) is 0 Å². The van der Waals surface area contributed by atoms with Crippen molar-refractivity contribution in [2.75, 3.05) is 38.1 Å². The zero-order valence-corrected chi connectivity index (χ0v) is 22.1. The summed E-state index contributed by atoms with van der Waals surface area (Å²) >= 11 is 12.5. The summed E-state index contributed by atoms with van der Waals surface area (Å²) in [5, 5.41) is 3.95. The minimum atomic E-state index is -0.283. The molecule has 0 aliphatic carbocycles. The number of aryl methyl sites for hydroxylation is 3. The summed E-state index contributed by atoms with van der Waals surface area (Å²) in [6.07, 6.45) is 1.57. The second-order valence-corrected chi connectivity index (χ2v) is 10.0. The summed E-state index contributed by atoms with van der Waals surface area (Å²) < 4.78 is 4.63. The van der Waals surface area contributed by atoms with Gasteiger partial charge < -0.3 is 9.80 Å². The van der Waals surface area contributed by atoms with E-state index in [0.717, 1.165) is 42.9 Å². The molecule has 1 fully saturated rings. The Morgan fingerprint density at radius 3 is 2.28 bits per heavy atom. The summed E-state index contributed by atoms with van der Waals surface area (Å²) in [5.41, 5.74) is 4.39. The Hall–Kier alpha value is -3.27. The van der Waals surface area contributed by atoms with Crippen LogP contribution in [0.25, 0.3) is 16.7 Å². The third-order valence-electron chi connectivity index (χ3n) is 6.81. The van der Waals surface area contributed by atoms with Crippen LogP contribution in [-0.4, -0.2) is 63.3 Å². The minimum Gasteiger partial charge on any atom is -0.367 e. The Kier molecular flexibility index (Phi) is 6.32. The first kappa shape index (κ1) is 24.4. The Balaban J connectivity index is 1.62. The fraction of sp³-hybridized carbons (Fsp3) is 0.320. The zero-order valence-electron chi connectivity index (χ0n) is 20.5. The number of fused-ring (bicyclic) bond motifs is 1. The molecule has 9 nitrogen and oxygen atoms in total. The molecule has 1 N–H and O–H groups in total. The number of rotatable bonds is 4. The maximum absolute atomic E-state index is 13.3. The SMILES string of the molecule is Cc1[nH]n(-c2cc(Cl)ccc2Cl)c(=O)c1C=Nc1cc2c(cc1N1CCN(C)CC1)n(C)c(=O)n2C. The monoisotopic (exact) mass is 527 g/mol. The van der Waals surface area contributed by atoms with Crippen LogP contribution in [-0.2, 0) is 14.1 Å². The number of imidazole rings is 1. The molecule has 0 atom stereocenters. The number of aromatic nitrogens is 4. The molecule has 11 heteroatoms. The highest BCUT2D eigenvalue weighted by Crippen LogP contribution is 2.34. The number of aliphatic imine (C=N–C) groups is 1. The van der Waals surface area contributed by atoms with E-state index < -0.39 is 0 Å². The van der Waals surface area contributed by atoms with Gasteiger partial charge in [-0.3, -0.25) is 24.0 Å². The molecule has 5 rings (SSSR count). The lowest BCUT2D eigenvalue weighted by molar-refractivity contribution is 0.313. The van der Waals surface area contributed by atoms with E-state index in [0.29, 0.717) is 32.7 Å². The third-order valence-corrected chi connectivity index (χ3v) is 7.37. The van der Waals surface area contributed by atoms with Crippen molar-refractivity contribution in [3.05, 3.63) is 72.5 Å². The van der Waals surface area contributed by atoms with Gasteiger partial charge in [0.25, 0.3) is 5.56 Å². The molecule has 2 aromatic heterocycles. The Morgan fingerprint density at radius 1 is 0.917 bits per heavy atom. The van der Waals surface area contributed by atoms with Gasteiger partial charge in [-0.2, -0.15) is 0 Å². The van der Waals surface area contributed by atoms with E-state index in [-0.39, 0.29) is 11.2 Å². The highest BCUT2D eigenvalue weighted by molar-refractivity contribution is 6.34. The molecule has 0 unspecified atom stereocenters. The van der Waals surface area contributed by atoms with Gasteiger partial charge in [0.2, 0.25) is 0 Å². The average Bonchev–Trinajstić information content (AvgIpc) is 3.26. The molecule has 1 saturated heterocycles. The lowest BCUT2D eigenvalue weighted by Gasteiger charge is -2.34. The van der Waals surface area contributed by atoms with E-state index in [2.05, 4.69) is 21.9 Å². The largest absolute Gasteiger partial charge is 0.367 e. The summed E-state index contributed by atoms with van der Waals surface area (Å²) in [4.78, 5) is 35.2. The van der Waals surface area contributed by atoms with Crippen LogP contribution in [0.15, 0.2) is 44.9 Å². The maximum atomic E-state index is 13.3. The number of H-pyrrole nitrogens is 1. The second-order valence-electron chi connectivity index (χ2n) is 9.17. The van der Waals surface area contributed by atoms with Crippen molar-refractivity contribution < 1.29 is 0 Å². The van der Waals surface area contributed by atoms with Gasteiger partial charge in [-0.1, -0.05) is 23.2 Å². The molecule has 0 bridgehead atoms. The second kappa shape index (κ2) is 9.31. The third kappa shape index (κ3) is 4.17. The Labute approximate surface area is 217 Å². The van der Waals surface area contributed by atoms with Gasteiger partial charge in [-0.05, 0) is 44.3 Å². The van der Waals surface area contributed by atoms with Crippen LogP contribution < -0.4 is 16.1 Å². The Morgan fingerprint density at radius 2 is 1.58 bits per heavy atom. The standard InChI is InChI=1S/C25H27Cl2N7O2/c1-15-17(24(35)34(29-15)20-11-16(26)5-6-18(20)27)14-28-19-12-22-23(32(4)25(36)31(22)3)13-21(19)33-9-7-30(2)8-10-33/h5-6,11-14,29H,7-10H2,1-4H3. The van der Waals surface area contributed by atoms with E-state index >= 15 is 0 Å². The molecule has 1 aliphatic heterocycles. The first-order valence-electron chi connectivity index (χ1n) is 11.6. The van der Waals surface area contributed by atoms with Crippen molar-refractivity contribution in [1.82, 2.24) is 23.8 Å². The van der Waals surface area contributed by atoms with Crippen molar-refractivity contribution >= 4 is 51.8 Å². The molecule has 0 saturated carbocycles. The fourth-order valence-electron chi connectivity index (χ4n) is 4.60. The van der Waals surface area contributed by atoms with E-state index in [1.165, 1.54) is 4.68 Å². The van der Waals surface area contributed by atoms with Crippen molar-refractivity contribution in [3.8, 4) is 5.69 Å². The van der Waals surface area contributed by atoms with Gasteiger partial charge >= 0.3 is 5.69 Å². The van der Waals surface area contributed by atoms with Crippen molar-refractivity contribution in [1.29, 1.82) is 0 Å². The van der Waals surface area contributed by atoms with E-state index in [9.17, 15) is 9.59 Å². The number of likely N-dealkylation sites (N-methyl/N-ethyl adjacent to an activating group) is 1. The van der Waals surface area contributed by atoms with E-state index in [1.807, 2.05) is 19.1 Å². The van der Waals surface area contributed by atoms with Gasteiger partial charge in [0.15, 0.2) is 0 Å².